The SMILES string of the molecule is CNC(=O)NCCn1c(-c2ccc(N3CCOCC3)cc2)cs/c1=N\c1cccc(F)c1. The first-order valence-corrected chi connectivity index (χ1v) is 11.4. The fraction of sp³-hybridized carbons (Fsp3) is 0.304. The number of benzene rings is 2. The van der Waals surface area contributed by atoms with Crippen molar-refractivity contribution in [3.63, 3.8) is 0 Å². The van der Waals surface area contributed by atoms with Crippen LogP contribution in [0.1, 0.15) is 0 Å². The lowest BCUT2D eigenvalue weighted by Crippen LogP contribution is -2.36. The van der Waals surface area contributed by atoms with E-state index in [1.165, 1.54) is 29.2 Å². The van der Waals surface area contributed by atoms with Crippen molar-refractivity contribution in [2.45, 2.75) is 6.54 Å². The molecule has 0 bridgehead atoms. The van der Waals surface area contributed by atoms with Crippen molar-refractivity contribution in [1.82, 2.24) is 15.2 Å². The highest BCUT2D eigenvalue weighted by Crippen LogP contribution is 2.25. The Balaban J connectivity index is 1.64. The van der Waals surface area contributed by atoms with Gasteiger partial charge in [-0.1, -0.05) is 18.2 Å². The minimum Gasteiger partial charge on any atom is -0.378 e. The normalized spacial score (nSPS) is 14.4. The Kier molecular flexibility index (Phi) is 7.18. The third-order valence-electron chi connectivity index (χ3n) is 5.22. The Morgan fingerprint density at radius 1 is 1.19 bits per heavy atom. The minimum absolute atomic E-state index is 0.235. The number of carbonyl (C=O) groups excluding carboxylic acids is 1. The average Bonchev–Trinajstić information content (AvgIpc) is 3.22. The van der Waals surface area contributed by atoms with Gasteiger partial charge in [0.15, 0.2) is 4.80 Å². The van der Waals surface area contributed by atoms with Crippen LogP contribution in [-0.2, 0) is 11.3 Å². The number of amides is 2. The highest BCUT2D eigenvalue weighted by Gasteiger charge is 2.13. The quantitative estimate of drug-likeness (QED) is 0.599. The molecule has 1 aliphatic heterocycles. The predicted octanol–water partition coefficient (Wildman–Crippen LogP) is 3.35. The molecule has 0 saturated carbocycles. The third kappa shape index (κ3) is 5.35. The molecule has 168 valence electrons. The zero-order chi connectivity index (χ0) is 22.3. The molecule has 9 heteroatoms. The molecule has 1 saturated heterocycles. The van der Waals surface area contributed by atoms with Gasteiger partial charge >= 0.3 is 6.03 Å². The molecule has 0 radical (unpaired) electrons. The molecule has 4 rings (SSSR count). The van der Waals surface area contributed by atoms with Gasteiger partial charge in [0.1, 0.15) is 5.82 Å². The maximum Gasteiger partial charge on any atom is 0.314 e. The summed E-state index contributed by atoms with van der Waals surface area (Å²) in [7, 11) is 1.58. The second kappa shape index (κ2) is 10.4. The van der Waals surface area contributed by atoms with Crippen LogP contribution in [0.3, 0.4) is 0 Å². The number of hydrogen-bond acceptors (Lipinski definition) is 5. The van der Waals surface area contributed by atoms with Crippen LogP contribution in [0.15, 0.2) is 58.9 Å². The molecule has 0 spiro atoms. The molecule has 0 aliphatic carbocycles. The van der Waals surface area contributed by atoms with E-state index in [0.717, 1.165) is 42.4 Å². The predicted molar refractivity (Wildman–Crippen MR) is 125 cm³/mol. The van der Waals surface area contributed by atoms with E-state index < -0.39 is 0 Å². The van der Waals surface area contributed by atoms with Gasteiger partial charge in [0.05, 0.1) is 24.6 Å². The molecule has 2 heterocycles. The molecule has 1 aliphatic rings. The first-order valence-electron chi connectivity index (χ1n) is 10.5. The molecule has 32 heavy (non-hydrogen) atoms. The van der Waals surface area contributed by atoms with Crippen LogP contribution in [0.4, 0.5) is 20.6 Å². The molecular weight excluding hydrogens is 429 g/mol. The van der Waals surface area contributed by atoms with Crippen LogP contribution in [0.25, 0.3) is 11.3 Å². The highest BCUT2D eigenvalue weighted by molar-refractivity contribution is 7.07. The summed E-state index contributed by atoms with van der Waals surface area (Å²) >= 11 is 1.49. The second-order valence-electron chi connectivity index (χ2n) is 7.30. The van der Waals surface area contributed by atoms with E-state index in [1.807, 2.05) is 5.38 Å². The van der Waals surface area contributed by atoms with Gasteiger partial charge in [-0.25, -0.2) is 14.2 Å². The molecule has 2 amide bonds. The van der Waals surface area contributed by atoms with Crippen molar-refractivity contribution in [2.75, 3.05) is 44.8 Å². The van der Waals surface area contributed by atoms with E-state index in [4.69, 9.17) is 4.74 Å². The molecule has 2 N–H and O–H groups in total. The number of hydrogen-bond donors (Lipinski definition) is 2. The van der Waals surface area contributed by atoms with E-state index in [2.05, 4.69) is 49.4 Å². The lowest BCUT2D eigenvalue weighted by Gasteiger charge is -2.28. The number of halogens is 1. The van der Waals surface area contributed by atoms with Gasteiger partial charge in [-0.15, -0.1) is 11.3 Å². The van der Waals surface area contributed by atoms with Crippen molar-refractivity contribution in [3.05, 3.63) is 64.5 Å². The van der Waals surface area contributed by atoms with E-state index in [-0.39, 0.29) is 11.8 Å². The van der Waals surface area contributed by atoms with Gasteiger partial charge in [0, 0.05) is 44.3 Å². The van der Waals surface area contributed by atoms with E-state index in [0.29, 0.717) is 18.8 Å². The summed E-state index contributed by atoms with van der Waals surface area (Å²) in [4.78, 5) is 19.3. The Hall–Kier alpha value is -3.17. The number of ether oxygens (including phenoxy) is 1. The molecule has 2 aromatic carbocycles. The van der Waals surface area contributed by atoms with E-state index >= 15 is 0 Å². The minimum atomic E-state index is -0.324. The fourth-order valence-electron chi connectivity index (χ4n) is 3.56. The Morgan fingerprint density at radius 3 is 2.69 bits per heavy atom. The lowest BCUT2D eigenvalue weighted by atomic mass is 10.1. The van der Waals surface area contributed by atoms with Crippen molar-refractivity contribution in [1.29, 1.82) is 0 Å². The number of urea groups is 1. The monoisotopic (exact) mass is 455 g/mol. The van der Waals surface area contributed by atoms with Crippen LogP contribution in [0.2, 0.25) is 0 Å². The van der Waals surface area contributed by atoms with E-state index in [9.17, 15) is 9.18 Å². The number of thiazole rings is 1. The Morgan fingerprint density at radius 2 is 1.97 bits per heavy atom. The number of rotatable bonds is 6. The van der Waals surface area contributed by atoms with Crippen molar-refractivity contribution in [3.8, 4) is 11.3 Å². The first kappa shape index (κ1) is 22.0. The van der Waals surface area contributed by atoms with Crippen LogP contribution in [0, 0.1) is 5.82 Å². The maximum atomic E-state index is 13.6. The first-order chi connectivity index (χ1) is 15.6. The summed E-state index contributed by atoms with van der Waals surface area (Å²) in [6.07, 6.45) is 0. The van der Waals surface area contributed by atoms with Crippen molar-refractivity contribution in [2.24, 2.45) is 4.99 Å². The number of carbonyl (C=O) groups is 1. The number of morpholine rings is 1. The maximum absolute atomic E-state index is 13.6. The standard InChI is InChI=1S/C23H26FN5O2S/c1-25-22(30)26-9-10-29-21(16-32-23(29)27-19-4-2-3-18(24)15-19)17-5-7-20(8-6-17)28-11-13-31-14-12-28/h2-8,15-16H,9-14H2,1H3,(H2,25,26,30)/b27-23-. The summed E-state index contributed by atoms with van der Waals surface area (Å²) in [5, 5.41) is 7.41. The molecule has 0 unspecified atom stereocenters. The van der Waals surface area contributed by atoms with Gasteiger partial charge in [0.25, 0.3) is 0 Å². The Bertz CT molecular complexity index is 1120. The van der Waals surface area contributed by atoms with Gasteiger partial charge in [-0.05, 0) is 35.9 Å². The summed E-state index contributed by atoms with van der Waals surface area (Å²) < 4.78 is 21.1. The molecule has 1 fully saturated rings. The molecular formula is C23H26FN5O2S. The average molecular weight is 456 g/mol. The fourth-order valence-corrected chi connectivity index (χ4v) is 4.51. The van der Waals surface area contributed by atoms with Crippen molar-refractivity contribution >= 4 is 28.7 Å². The third-order valence-corrected chi connectivity index (χ3v) is 6.08. The largest absolute Gasteiger partial charge is 0.378 e. The summed E-state index contributed by atoms with van der Waals surface area (Å²) in [5.41, 5.74) is 3.77. The molecule has 7 nitrogen and oxygen atoms in total. The summed E-state index contributed by atoms with van der Waals surface area (Å²) in [5.74, 6) is -0.324. The van der Waals surface area contributed by atoms with E-state index in [1.54, 1.807) is 19.2 Å². The summed E-state index contributed by atoms with van der Waals surface area (Å²) in [6.45, 7) is 4.24. The van der Waals surface area contributed by atoms with Gasteiger partial charge < -0.3 is 24.8 Å². The van der Waals surface area contributed by atoms with Gasteiger partial charge in [0.2, 0.25) is 0 Å². The van der Waals surface area contributed by atoms with Crippen LogP contribution in [-0.4, -0.2) is 50.5 Å². The van der Waals surface area contributed by atoms with Crippen molar-refractivity contribution < 1.29 is 13.9 Å². The zero-order valence-corrected chi connectivity index (χ0v) is 18.7. The number of aromatic nitrogens is 1. The number of nitrogens with one attached hydrogen (secondary N) is 2. The topological polar surface area (TPSA) is 70.9 Å². The van der Waals surface area contributed by atoms with Crippen LogP contribution >= 0.6 is 11.3 Å². The van der Waals surface area contributed by atoms with Gasteiger partial charge in [-0.2, -0.15) is 0 Å². The molecule has 0 atom stereocenters. The van der Waals surface area contributed by atoms with Crippen LogP contribution in [0.5, 0.6) is 0 Å². The summed E-state index contributed by atoms with van der Waals surface area (Å²) in [6, 6.07) is 14.4. The van der Waals surface area contributed by atoms with Crippen LogP contribution < -0.4 is 20.3 Å². The smallest absolute Gasteiger partial charge is 0.314 e. The zero-order valence-electron chi connectivity index (χ0n) is 17.9. The van der Waals surface area contributed by atoms with Gasteiger partial charge in [-0.3, -0.25) is 0 Å². The Labute approximate surface area is 190 Å². The second-order valence-corrected chi connectivity index (χ2v) is 8.14. The highest BCUT2D eigenvalue weighted by atomic mass is 32.1. The molecule has 1 aromatic heterocycles. The molecule has 3 aromatic rings. The lowest BCUT2D eigenvalue weighted by molar-refractivity contribution is 0.122. The number of nitrogens with zero attached hydrogens (tertiary/aromatic N) is 3. The number of anilines is 1.